The maximum absolute atomic E-state index is 13.0. The molecule has 2 aromatic carbocycles. The number of nitrogens with two attached hydrogens (primary N) is 1. The summed E-state index contributed by atoms with van der Waals surface area (Å²) < 4.78 is 1.80. The predicted octanol–water partition coefficient (Wildman–Crippen LogP) is 4.37. The number of aryl methyl sites for hydroxylation is 2. The standard InChI is InChI=1S/C22H21ClN4O2/c1-12-3-7-16(10-19(12)23)27-20(14-4-5-14)18(11-25-27)22(29)26-15-6-8-17(21(24)28)13(2)9-15/h3,6-11,14H,4-5H2,1-2H3,(H2,24,28)(H,26,29). The third kappa shape index (κ3) is 3.76. The van der Waals surface area contributed by atoms with Gasteiger partial charge in [-0.05, 0) is 68.1 Å². The van der Waals surface area contributed by atoms with Crippen LogP contribution in [0.25, 0.3) is 5.69 Å². The molecule has 0 unspecified atom stereocenters. The Kier molecular flexibility index (Phi) is 4.88. The maximum atomic E-state index is 13.0. The van der Waals surface area contributed by atoms with Crippen molar-refractivity contribution >= 4 is 29.1 Å². The molecule has 29 heavy (non-hydrogen) atoms. The van der Waals surface area contributed by atoms with Crippen LogP contribution in [0.3, 0.4) is 0 Å². The van der Waals surface area contributed by atoms with Crippen molar-refractivity contribution in [3.63, 3.8) is 0 Å². The highest BCUT2D eigenvalue weighted by molar-refractivity contribution is 6.31. The molecule has 1 aliphatic carbocycles. The van der Waals surface area contributed by atoms with E-state index in [1.54, 1.807) is 36.0 Å². The van der Waals surface area contributed by atoms with Crippen LogP contribution < -0.4 is 11.1 Å². The Labute approximate surface area is 173 Å². The van der Waals surface area contributed by atoms with Gasteiger partial charge in [0.25, 0.3) is 5.91 Å². The number of aromatic nitrogens is 2. The van der Waals surface area contributed by atoms with Gasteiger partial charge in [-0.15, -0.1) is 0 Å². The predicted molar refractivity (Wildman–Crippen MR) is 113 cm³/mol. The first kappa shape index (κ1) is 19.2. The van der Waals surface area contributed by atoms with E-state index in [4.69, 9.17) is 17.3 Å². The largest absolute Gasteiger partial charge is 0.366 e. The molecular weight excluding hydrogens is 388 g/mol. The zero-order chi connectivity index (χ0) is 20.7. The van der Waals surface area contributed by atoms with Crippen LogP contribution in [0.2, 0.25) is 5.02 Å². The van der Waals surface area contributed by atoms with E-state index in [1.165, 1.54) is 0 Å². The molecule has 1 fully saturated rings. The summed E-state index contributed by atoms with van der Waals surface area (Å²) >= 11 is 6.28. The summed E-state index contributed by atoms with van der Waals surface area (Å²) in [7, 11) is 0. The van der Waals surface area contributed by atoms with Gasteiger partial charge in [-0.1, -0.05) is 17.7 Å². The first-order valence-electron chi connectivity index (χ1n) is 9.41. The highest BCUT2D eigenvalue weighted by Gasteiger charge is 2.33. The highest BCUT2D eigenvalue weighted by Crippen LogP contribution is 2.42. The Balaban J connectivity index is 1.66. The van der Waals surface area contributed by atoms with E-state index in [2.05, 4.69) is 10.4 Å². The van der Waals surface area contributed by atoms with Crippen LogP contribution in [0.4, 0.5) is 5.69 Å². The average molecular weight is 409 g/mol. The van der Waals surface area contributed by atoms with Gasteiger partial charge in [0.15, 0.2) is 0 Å². The molecule has 0 saturated heterocycles. The molecule has 148 valence electrons. The van der Waals surface area contributed by atoms with Gasteiger partial charge < -0.3 is 11.1 Å². The third-order valence-corrected chi connectivity index (χ3v) is 5.57. The number of halogens is 1. The van der Waals surface area contributed by atoms with Crippen molar-refractivity contribution in [1.29, 1.82) is 0 Å². The quantitative estimate of drug-likeness (QED) is 0.656. The van der Waals surface area contributed by atoms with Gasteiger partial charge in [-0.3, -0.25) is 9.59 Å². The van der Waals surface area contributed by atoms with Crippen LogP contribution >= 0.6 is 11.6 Å². The normalized spacial score (nSPS) is 13.3. The number of nitrogens with zero attached hydrogens (tertiary/aromatic N) is 2. The van der Waals surface area contributed by atoms with E-state index >= 15 is 0 Å². The summed E-state index contributed by atoms with van der Waals surface area (Å²) in [5.41, 5.74) is 10.4. The summed E-state index contributed by atoms with van der Waals surface area (Å²) in [6.07, 6.45) is 3.65. The fourth-order valence-electron chi connectivity index (χ4n) is 3.42. The van der Waals surface area contributed by atoms with Crippen molar-refractivity contribution in [3.8, 4) is 5.69 Å². The van der Waals surface area contributed by atoms with Crippen LogP contribution in [0, 0.1) is 13.8 Å². The van der Waals surface area contributed by atoms with Gasteiger partial charge in [0.05, 0.1) is 23.1 Å². The fraction of sp³-hybridized carbons (Fsp3) is 0.227. The Morgan fingerprint density at radius 3 is 2.48 bits per heavy atom. The smallest absolute Gasteiger partial charge is 0.259 e. The molecule has 0 atom stereocenters. The van der Waals surface area contributed by atoms with Gasteiger partial charge >= 0.3 is 0 Å². The minimum Gasteiger partial charge on any atom is -0.366 e. The monoisotopic (exact) mass is 408 g/mol. The zero-order valence-corrected chi connectivity index (χ0v) is 17.0. The van der Waals surface area contributed by atoms with Crippen LogP contribution in [-0.2, 0) is 0 Å². The Morgan fingerprint density at radius 1 is 1.10 bits per heavy atom. The van der Waals surface area contributed by atoms with Crippen LogP contribution in [0.5, 0.6) is 0 Å². The molecule has 1 aromatic heterocycles. The van der Waals surface area contributed by atoms with Crippen LogP contribution in [0.1, 0.15) is 56.3 Å². The van der Waals surface area contributed by atoms with Crippen molar-refractivity contribution in [2.45, 2.75) is 32.6 Å². The maximum Gasteiger partial charge on any atom is 0.259 e. The van der Waals surface area contributed by atoms with E-state index in [9.17, 15) is 9.59 Å². The zero-order valence-electron chi connectivity index (χ0n) is 16.2. The van der Waals surface area contributed by atoms with E-state index in [0.29, 0.717) is 33.3 Å². The van der Waals surface area contributed by atoms with Crippen molar-refractivity contribution in [2.75, 3.05) is 5.32 Å². The number of anilines is 1. The molecule has 0 aliphatic heterocycles. The average Bonchev–Trinajstić information content (AvgIpc) is 3.41. The Hall–Kier alpha value is -3.12. The number of primary amides is 1. The molecule has 3 aromatic rings. The SMILES string of the molecule is Cc1ccc(-n2ncc(C(=O)Nc3ccc(C(N)=O)c(C)c3)c2C2CC2)cc1Cl. The first-order chi connectivity index (χ1) is 13.8. The van der Waals surface area contributed by atoms with E-state index in [-0.39, 0.29) is 5.91 Å². The van der Waals surface area contributed by atoms with Gasteiger partial charge in [0, 0.05) is 22.2 Å². The minimum absolute atomic E-state index is 0.234. The lowest BCUT2D eigenvalue weighted by Gasteiger charge is -2.11. The highest BCUT2D eigenvalue weighted by atomic mass is 35.5. The second-order valence-corrected chi connectivity index (χ2v) is 7.82. The van der Waals surface area contributed by atoms with E-state index < -0.39 is 5.91 Å². The lowest BCUT2D eigenvalue weighted by atomic mass is 10.1. The second-order valence-electron chi connectivity index (χ2n) is 7.41. The number of hydrogen-bond donors (Lipinski definition) is 2. The third-order valence-electron chi connectivity index (χ3n) is 5.16. The number of carbonyl (C=O) groups is 2. The summed E-state index contributed by atoms with van der Waals surface area (Å²) in [6.45, 7) is 3.73. The number of amides is 2. The molecular formula is C22H21ClN4O2. The van der Waals surface area contributed by atoms with Crippen molar-refractivity contribution in [1.82, 2.24) is 9.78 Å². The summed E-state index contributed by atoms with van der Waals surface area (Å²) in [6, 6.07) is 10.8. The lowest BCUT2D eigenvalue weighted by molar-refractivity contribution is 0.0997. The van der Waals surface area contributed by atoms with Crippen LogP contribution in [0.15, 0.2) is 42.6 Å². The number of nitrogens with one attached hydrogen (secondary N) is 1. The second kappa shape index (κ2) is 7.37. The number of benzene rings is 2. The molecule has 4 rings (SSSR count). The van der Waals surface area contributed by atoms with Gasteiger partial charge in [0.2, 0.25) is 5.91 Å². The molecule has 6 nitrogen and oxygen atoms in total. The first-order valence-corrected chi connectivity index (χ1v) is 9.79. The van der Waals surface area contributed by atoms with Crippen molar-refractivity contribution in [3.05, 3.63) is 75.6 Å². The molecule has 0 bridgehead atoms. The molecule has 2 amide bonds. The number of hydrogen-bond acceptors (Lipinski definition) is 3. The number of rotatable bonds is 5. The van der Waals surface area contributed by atoms with E-state index in [1.807, 2.05) is 25.1 Å². The number of carbonyl (C=O) groups excluding carboxylic acids is 2. The van der Waals surface area contributed by atoms with Gasteiger partial charge in [-0.2, -0.15) is 5.10 Å². The van der Waals surface area contributed by atoms with Gasteiger partial charge in [0.1, 0.15) is 0 Å². The lowest BCUT2D eigenvalue weighted by Crippen LogP contribution is -2.16. The molecule has 0 radical (unpaired) electrons. The molecule has 1 aliphatic rings. The van der Waals surface area contributed by atoms with E-state index in [0.717, 1.165) is 29.8 Å². The molecule has 1 saturated carbocycles. The summed E-state index contributed by atoms with van der Waals surface area (Å²) in [5, 5.41) is 8.04. The van der Waals surface area contributed by atoms with Gasteiger partial charge in [-0.25, -0.2) is 4.68 Å². The molecule has 1 heterocycles. The fourth-order valence-corrected chi connectivity index (χ4v) is 3.59. The molecule has 3 N–H and O–H groups in total. The van der Waals surface area contributed by atoms with Crippen molar-refractivity contribution < 1.29 is 9.59 Å². The molecule has 0 spiro atoms. The van der Waals surface area contributed by atoms with Crippen molar-refractivity contribution in [2.24, 2.45) is 5.73 Å². The Morgan fingerprint density at radius 2 is 1.86 bits per heavy atom. The molecule has 7 heteroatoms. The van der Waals surface area contributed by atoms with Crippen LogP contribution in [-0.4, -0.2) is 21.6 Å². The minimum atomic E-state index is -0.491. The topological polar surface area (TPSA) is 90.0 Å². The summed E-state index contributed by atoms with van der Waals surface area (Å²) in [5.74, 6) is -0.422. The Bertz CT molecular complexity index is 1130. The summed E-state index contributed by atoms with van der Waals surface area (Å²) in [4.78, 5) is 24.4.